The van der Waals surface area contributed by atoms with Gasteiger partial charge in [-0.25, -0.2) is 0 Å². The van der Waals surface area contributed by atoms with Crippen molar-refractivity contribution in [2.24, 2.45) is 5.92 Å². The molecule has 5 nitrogen and oxygen atoms in total. The van der Waals surface area contributed by atoms with Crippen molar-refractivity contribution in [3.63, 3.8) is 0 Å². The first kappa shape index (κ1) is 16.9. The van der Waals surface area contributed by atoms with Crippen LogP contribution >= 0.6 is 0 Å². The molecule has 1 fully saturated rings. The van der Waals surface area contributed by atoms with Gasteiger partial charge in [0.2, 0.25) is 0 Å². The van der Waals surface area contributed by atoms with E-state index in [1.807, 2.05) is 18.2 Å². The van der Waals surface area contributed by atoms with Crippen molar-refractivity contribution >= 4 is 5.91 Å². The molecule has 2 aliphatic heterocycles. The molecule has 0 bridgehead atoms. The van der Waals surface area contributed by atoms with Crippen LogP contribution in [0.3, 0.4) is 0 Å². The molecule has 136 valence electrons. The van der Waals surface area contributed by atoms with Crippen LogP contribution in [0, 0.1) is 5.92 Å². The summed E-state index contributed by atoms with van der Waals surface area (Å²) in [4.78, 5) is 15.1. The van der Waals surface area contributed by atoms with E-state index >= 15 is 0 Å². The van der Waals surface area contributed by atoms with Crippen LogP contribution in [0.25, 0.3) is 0 Å². The molecule has 1 amide bonds. The van der Waals surface area contributed by atoms with Crippen LogP contribution in [-0.2, 0) is 6.54 Å². The number of ether oxygens (including phenoxy) is 2. The molecule has 2 atom stereocenters. The molecule has 0 saturated carbocycles. The van der Waals surface area contributed by atoms with Gasteiger partial charge in [0.05, 0.1) is 19.8 Å². The molecule has 0 aliphatic carbocycles. The number of nitrogens with zero attached hydrogens (tertiary/aromatic N) is 1. The second-order valence-corrected chi connectivity index (χ2v) is 7.05. The molecule has 2 heterocycles. The van der Waals surface area contributed by atoms with Crippen molar-refractivity contribution in [2.75, 3.05) is 33.9 Å². The largest absolute Gasteiger partial charge is 0.497 e. The fourth-order valence-corrected chi connectivity index (χ4v) is 4.24. The first-order valence-electron chi connectivity index (χ1n) is 9.00. The summed E-state index contributed by atoms with van der Waals surface area (Å²) in [5.74, 6) is 2.00. The maximum atomic E-state index is 12.6. The highest BCUT2D eigenvalue weighted by Crippen LogP contribution is 2.43. The van der Waals surface area contributed by atoms with E-state index in [1.54, 1.807) is 14.2 Å². The number of nitrogens with one attached hydrogen (secondary N) is 1. The highest BCUT2D eigenvalue weighted by atomic mass is 16.5. The lowest BCUT2D eigenvalue weighted by Crippen LogP contribution is -2.29. The van der Waals surface area contributed by atoms with Gasteiger partial charge < -0.3 is 14.8 Å². The molecular formula is C21H24N2O3. The molecule has 2 aliphatic rings. The molecule has 5 heteroatoms. The summed E-state index contributed by atoms with van der Waals surface area (Å²) in [7, 11) is 3.26. The minimum Gasteiger partial charge on any atom is -0.497 e. The van der Waals surface area contributed by atoms with Gasteiger partial charge >= 0.3 is 0 Å². The minimum absolute atomic E-state index is 0.0405. The summed E-state index contributed by atoms with van der Waals surface area (Å²) in [6.07, 6.45) is 0. The van der Waals surface area contributed by atoms with Crippen LogP contribution in [-0.4, -0.2) is 44.7 Å². The van der Waals surface area contributed by atoms with E-state index in [0.717, 1.165) is 30.9 Å². The number of carbonyl (C=O) groups is 1. The number of amides is 1. The second kappa shape index (κ2) is 7.00. The Balaban J connectivity index is 1.67. The van der Waals surface area contributed by atoms with E-state index in [2.05, 4.69) is 34.5 Å². The third-order valence-corrected chi connectivity index (χ3v) is 5.48. The van der Waals surface area contributed by atoms with Crippen LogP contribution in [0.1, 0.15) is 27.4 Å². The molecule has 2 aromatic carbocycles. The lowest BCUT2D eigenvalue weighted by atomic mass is 9.86. The van der Waals surface area contributed by atoms with Gasteiger partial charge in [-0.05, 0) is 17.5 Å². The standard InChI is InChI=1S/C21H24N2O3/c1-25-16-8-17-20(19(9-16)26-2)18-13-23(11-14-6-4-3-5-7-14)12-15(18)10-22-21(17)24/h3-9,15,18H,10-13H2,1-2H3,(H,22,24)/t15-,18?/m0/s1. The number of benzene rings is 2. The Morgan fingerprint density at radius 3 is 2.65 bits per heavy atom. The smallest absolute Gasteiger partial charge is 0.251 e. The Morgan fingerprint density at radius 1 is 1.12 bits per heavy atom. The zero-order chi connectivity index (χ0) is 18.1. The SMILES string of the molecule is COc1cc(OC)c2c(c1)C(=O)NC[C@H]1CN(Cc3ccccc3)CC21. The summed E-state index contributed by atoms with van der Waals surface area (Å²) < 4.78 is 11.0. The summed E-state index contributed by atoms with van der Waals surface area (Å²) in [6, 6.07) is 14.2. The third-order valence-electron chi connectivity index (χ3n) is 5.48. The maximum absolute atomic E-state index is 12.6. The molecular weight excluding hydrogens is 328 g/mol. The predicted octanol–water partition coefficient (Wildman–Crippen LogP) is 2.66. The van der Waals surface area contributed by atoms with Gasteiger partial charge in [0.15, 0.2) is 0 Å². The van der Waals surface area contributed by atoms with E-state index in [-0.39, 0.29) is 11.8 Å². The van der Waals surface area contributed by atoms with Crippen LogP contribution in [0.4, 0.5) is 0 Å². The molecule has 26 heavy (non-hydrogen) atoms. The number of methoxy groups -OCH3 is 2. The molecule has 0 radical (unpaired) electrons. The van der Waals surface area contributed by atoms with Crippen LogP contribution in [0.15, 0.2) is 42.5 Å². The number of hydrogen-bond donors (Lipinski definition) is 1. The Labute approximate surface area is 153 Å². The van der Waals surface area contributed by atoms with Gasteiger partial charge in [-0.1, -0.05) is 30.3 Å². The van der Waals surface area contributed by atoms with Crippen LogP contribution in [0.2, 0.25) is 0 Å². The average Bonchev–Trinajstić information content (AvgIpc) is 3.02. The normalized spacial score (nSPS) is 22.2. The van der Waals surface area contributed by atoms with Crippen molar-refractivity contribution in [2.45, 2.75) is 12.5 Å². The second-order valence-electron chi connectivity index (χ2n) is 7.05. The first-order chi connectivity index (χ1) is 12.7. The highest BCUT2D eigenvalue weighted by molar-refractivity contribution is 5.97. The zero-order valence-electron chi connectivity index (χ0n) is 15.2. The van der Waals surface area contributed by atoms with Crippen molar-refractivity contribution in [3.05, 3.63) is 59.2 Å². The molecule has 2 aromatic rings. The van der Waals surface area contributed by atoms with Gasteiger partial charge in [-0.15, -0.1) is 0 Å². The van der Waals surface area contributed by atoms with E-state index in [0.29, 0.717) is 23.8 Å². The summed E-state index contributed by atoms with van der Waals surface area (Å²) >= 11 is 0. The van der Waals surface area contributed by atoms with E-state index in [9.17, 15) is 4.79 Å². The minimum atomic E-state index is -0.0405. The molecule has 4 rings (SSSR count). The number of fused-ring (bicyclic) bond motifs is 3. The Kier molecular flexibility index (Phi) is 4.55. The van der Waals surface area contributed by atoms with E-state index in [4.69, 9.17) is 9.47 Å². The van der Waals surface area contributed by atoms with Gasteiger partial charge in [0.25, 0.3) is 5.91 Å². The monoisotopic (exact) mass is 352 g/mol. The molecule has 1 saturated heterocycles. The average molecular weight is 352 g/mol. The van der Waals surface area contributed by atoms with Gasteiger partial charge in [-0.2, -0.15) is 0 Å². The fourth-order valence-electron chi connectivity index (χ4n) is 4.24. The molecule has 0 aromatic heterocycles. The van der Waals surface area contributed by atoms with Gasteiger partial charge in [-0.3, -0.25) is 9.69 Å². The summed E-state index contributed by atoms with van der Waals surface area (Å²) in [5, 5.41) is 3.08. The van der Waals surface area contributed by atoms with Crippen molar-refractivity contribution in [1.29, 1.82) is 0 Å². The van der Waals surface area contributed by atoms with Crippen LogP contribution < -0.4 is 14.8 Å². The van der Waals surface area contributed by atoms with Crippen molar-refractivity contribution in [1.82, 2.24) is 10.2 Å². The number of likely N-dealkylation sites (tertiary alicyclic amines) is 1. The van der Waals surface area contributed by atoms with E-state index < -0.39 is 0 Å². The highest BCUT2D eigenvalue weighted by Gasteiger charge is 2.40. The zero-order valence-corrected chi connectivity index (χ0v) is 15.2. The van der Waals surface area contributed by atoms with Crippen molar-refractivity contribution in [3.8, 4) is 11.5 Å². The first-order valence-corrected chi connectivity index (χ1v) is 9.00. The number of carbonyl (C=O) groups excluding carboxylic acids is 1. The lowest BCUT2D eigenvalue weighted by Gasteiger charge is -2.20. The fraction of sp³-hybridized carbons (Fsp3) is 0.381. The molecule has 1 N–H and O–H groups in total. The quantitative estimate of drug-likeness (QED) is 0.919. The third kappa shape index (κ3) is 3.03. The Morgan fingerprint density at radius 2 is 1.92 bits per heavy atom. The summed E-state index contributed by atoms with van der Waals surface area (Å²) in [5.41, 5.74) is 3.01. The van der Waals surface area contributed by atoms with Gasteiger partial charge in [0, 0.05) is 43.7 Å². The van der Waals surface area contributed by atoms with E-state index in [1.165, 1.54) is 5.56 Å². The Hall–Kier alpha value is -2.53. The molecule has 0 spiro atoms. The number of hydrogen-bond acceptors (Lipinski definition) is 4. The summed E-state index contributed by atoms with van der Waals surface area (Å²) in [6.45, 7) is 3.50. The van der Waals surface area contributed by atoms with Crippen molar-refractivity contribution < 1.29 is 14.3 Å². The van der Waals surface area contributed by atoms with Gasteiger partial charge in [0.1, 0.15) is 11.5 Å². The lowest BCUT2D eigenvalue weighted by molar-refractivity contribution is 0.0950. The Bertz CT molecular complexity index is 806. The molecule has 1 unspecified atom stereocenters. The maximum Gasteiger partial charge on any atom is 0.251 e. The number of rotatable bonds is 4. The predicted molar refractivity (Wildman–Crippen MR) is 99.8 cm³/mol. The topological polar surface area (TPSA) is 50.8 Å². The van der Waals surface area contributed by atoms with Crippen LogP contribution in [0.5, 0.6) is 11.5 Å².